The van der Waals surface area contributed by atoms with E-state index in [-0.39, 0.29) is 17.8 Å². The molecule has 1 atom stereocenters. The van der Waals surface area contributed by atoms with Gasteiger partial charge in [-0.25, -0.2) is 4.98 Å². The fourth-order valence-electron chi connectivity index (χ4n) is 3.07. The van der Waals surface area contributed by atoms with E-state index >= 15 is 0 Å². The van der Waals surface area contributed by atoms with Crippen LogP contribution in [0.1, 0.15) is 19.8 Å². The number of thioether (sulfide) groups is 1. The molecule has 0 aliphatic carbocycles. The molecule has 8 heteroatoms. The topological polar surface area (TPSA) is 64.4 Å². The van der Waals surface area contributed by atoms with Gasteiger partial charge >= 0.3 is 5.97 Å². The number of carbonyl (C=O) groups is 2. The monoisotopic (exact) mass is 451 g/mol. The molecule has 1 aromatic heterocycles. The van der Waals surface area contributed by atoms with Crippen LogP contribution >= 0.6 is 27.7 Å². The molecule has 0 saturated carbocycles. The zero-order valence-electron chi connectivity index (χ0n) is 15.1. The molecular formula is C19H22BrN3O3S. The first kappa shape index (κ1) is 19.9. The molecule has 0 unspecified atom stereocenters. The number of rotatable bonds is 6. The van der Waals surface area contributed by atoms with Gasteiger partial charge in [0.05, 0.1) is 18.3 Å². The minimum Gasteiger partial charge on any atom is -0.466 e. The van der Waals surface area contributed by atoms with Gasteiger partial charge in [-0.15, -0.1) is 0 Å². The van der Waals surface area contributed by atoms with Crippen LogP contribution in [0.5, 0.6) is 0 Å². The lowest BCUT2D eigenvalue weighted by molar-refractivity contribution is -0.151. The Kier molecular flexibility index (Phi) is 6.95. The van der Waals surface area contributed by atoms with Crippen LogP contribution < -0.4 is 0 Å². The van der Waals surface area contributed by atoms with Crippen molar-refractivity contribution in [1.29, 1.82) is 0 Å². The van der Waals surface area contributed by atoms with Gasteiger partial charge in [0.25, 0.3) is 0 Å². The maximum atomic E-state index is 12.6. The molecule has 0 bridgehead atoms. The van der Waals surface area contributed by atoms with Crippen LogP contribution in [0.2, 0.25) is 0 Å². The smallest absolute Gasteiger partial charge is 0.310 e. The van der Waals surface area contributed by atoms with E-state index in [1.54, 1.807) is 18.0 Å². The average molecular weight is 452 g/mol. The first-order valence-electron chi connectivity index (χ1n) is 8.95. The van der Waals surface area contributed by atoms with Crippen molar-refractivity contribution in [3.8, 4) is 5.69 Å². The van der Waals surface area contributed by atoms with Crippen LogP contribution in [-0.4, -0.2) is 51.8 Å². The number of halogens is 1. The number of hydrogen-bond acceptors (Lipinski definition) is 5. The second kappa shape index (κ2) is 9.41. The molecule has 0 radical (unpaired) electrons. The van der Waals surface area contributed by atoms with Crippen LogP contribution in [0.4, 0.5) is 0 Å². The molecular weight excluding hydrogens is 430 g/mol. The molecule has 2 heterocycles. The molecule has 27 heavy (non-hydrogen) atoms. The van der Waals surface area contributed by atoms with Crippen molar-refractivity contribution in [1.82, 2.24) is 14.5 Å². The van der Waals surface area contributed by atoms with E-state index < -0.39 is 0 Å². The highest BCUT2D eigenvalue weighted by molar-refractivity contribution is 9.10. The lowest BCUT2D eigenvalue weighted by atomic mass is 9.98. The normalized spacial score (nSPS) is 17.0. The molecule has 1 aliphatic heterocycles. The first-order valence-corrected chi connectivity index (χ1v) is 10.7. The van der Waals surface area contributed by atoms with E-state index in [1.807, 2.05) is 35.0 Å². The Labute approximate surface area is 171 Å². The summed E-state index contributed by atoms with van der Waals surface area (Å²) in [6.45, 7) is 3.31. The summed E-state index contributed by atoms with van der Waals surface area (Å²) in [7, 11) is 0. The van der Waals surface area contributed by atoms with Gasteiger partial charge in [-0.3, -0.25) is 14.2 Å². The SMILES string of the molecule is CCOC(=O)[C@H]1CCCN(C(=O)CSc2nccn2-c2ccc(Br)cc2)C1. The summed E-state index contributed by atoms with van der Waals surface area (Å²) < 4.78 is 8.07. The summed E-state index contributed by atoms with van der Waals surface area (Å²) in [5, 5.41) is 0.768. The molecule has 0 N–H and O–H groups in total. The second-order valence-electron chi connectivity index (χ2n) is 6.28. The third-order valence-corrected chi connectivity index (χ3v) is 5.91. The summed E-state index contributed by atoms with van der Waals surface area (Å²) >= 11 is 4.84. The first-order chi connectivity index (χ1) is 13.1. The van der Waals surface area contributed by atoms with E-state index in [1.165, 1.54) is 11.8 Å². The Morgan fingerprint density at radius 3 is 2.85 bits per heavy atom. The number of nitrogens with zero attached hydrogens (tertiary/aromatic N) is 3. The third kappa shape index (κ3) is 5.13. The fourth-order valence-corrected chi connectivity index (χ4v) is 4.21. The zero-order chi connectivity index (χ0) is 19.2. The molecule has 6 nitrogen and oxygen atoms in total. The van der Waals surface area contributed by atoms with Gasteiger partial charge in [-0.1, -0.05) is 27.7 Å². The highest BCUT2D eigenvalue weighted by Crippen LogP contribution is 2.24. The van der Waals surface area contributed by atoms with E-state index in [9.17, 15) is 9.59 Å². The van der Waals surface area contributed by atoms with Gasteiger partial charge in [0.15, 0.2) is 5.16 Å². The van der Waals surface area contributed by atoms with Gasteiger partial charge in [0.2, 0.25) is 5.91 Å². The van der Waals surface area contributed by atoms with Crippen LogP contribution in [0.3, 0.4) is 0 Å². The van der Waals surface area contributed by atoms with Gasteiger partial charge in [-0.05, 0) is 44.0 Å². The lowest BCUT2D eigenvalue weighted by Crippen LogP contribution is -2.43. The highest BCUT2D eigenvalue weighted by atomic mass is 79.9. The van der Waals surface area contributed by atoms with E-state index in [2.05, 4.69) is 20.9 Å². The number of imidazole rings is 1. The minimum absolute atomic E-state index is 0.0272. The molecule has 1 aliphatic rings. The lowest BCUT2D eigenvalue weighted by Gasteiger charge is -2.31. The molecule has 1 saturated heterocycles. The maximum Gasteiger partial charge on any atom is 0.310 e. The number of ether oxygens (including phenoxy) is 1. The van der Waals surface area contributed by atoms with Crippen molar-refractivity contribution >= 4 is 39.6 Å². The molecule has 0 spiro atoms. The molecule has 3 rings (SSSR count). The highest BCUT2D eigenvalue weighted by Gasteiger charge is 2.29. The van der Waals surface area contributed by atoms with Crippen molar-refractivity contribution in [2.24, 2.45) is 5.92 Å². The Bertz CT molecular complexity index is 794. The fraction of sp³-hybridized carbons (Fsp3) is 0.421. The quantitative estimate of drug-likeness (QED) is 0.496. The van der Waals surface area contributed by atoms with Crippen LogP contribution in [0, 0.1) is 5.92 Å². The summed E-state index contributed by atoms with van der Waals surface area (Å²) in [5.74, 6) is -0.0894. The number of carbonyl (C=O) groups excluding carboxylic acids is 2. The Morgan fingerprint density at radius 1 is 1.33 bits per heavy atom. The second-order valence-corrected chi connectivity index (χ2v) is 8.13. The molecule has 1 aromatic carbocycles. The van der Waals surface area contributed by atoms with Crippen molar-refractivity contribution in [2.75, 3.05) is 25.4 Å². The van der Waals surface area contributed by atoms with E-state index in [0.29, 0.717) is 25.4 Å². The largest absolute Gasteiger partial charge is 0.466 e. The van der Waals surface area contributed by atoms with Crippen molar-refractivity contribution in [2.45, 2.75) is 24.9 Å². The maximum absolute atomic E-state index is 12.6. The van der Waals surface area contributed by atoms with Gasteiger partial charge in [-0.2, -0.15) is 0 Å². The summed E-state index contributed by atoms with van der Waals surface area (Å²) in [6, 6.07) is 7.93. The minimum atomic E-state index is -0.211. The number of hydrogen-bond donors (Lipinski definition) is 0. The van der Waals surface area contributed by atoms with E-state index in [0.717, 1.165) is 28.2 Å². The molecule has 1 fully saturated rings. The number of benzene rings is 1. The number of piperidine rings is 1. The van der Waals surface area contributed by atoms with Crippen molar-refractivity contribution < 1.29 is 14.3 Å². The molecule has 144 valence electrons. The Hall–Kier alpha value is -1.80. The standard InChI is InChI=1S/C19H22BrN3O3S/c1-2-26-18(25)14-4-3-10-22(12-14)17(24)13-27-19-21-9-11-23(19)16-7-5-15(20)6-8-16/h5-9,11,14H,2-4,10,12-13H2,1H3/t14-/m0/s1. The predicted octanol–water partition coefficient (Wildman–Crippen LogP) is 3.53. The van der Waals surface area contributed by atoms with Gasteiger partial charge in [0, 0.05) is 35.6 Å². The summed E-state index contributed by atoms with van der Waals surface area (Å²) in [4.78, 5) is 30.7. The number of amides is 1. The van der Waals surface area contributed by atoms with E-state index in [4.69, 9.17) is 4.74 Å². The Balaban J connectivity index is 1.59. The molecule has 1 amide bonds. The third-order valence-electron chi connectivity index (χ3n) is 4.43. The Morgan fingerprint density at radius 2 is 2.11 bits per heavy atom. The summed E-state index contributed by atoms with van der Waals surface area (Å²) in [5.41, 5.74) is 0.992. The van der Waals surface area contributed by atoms with Crippen LogP contribution in [0.25, 0.3) is 5.69 Å². The van der Waals surface area contributed by atoms with Crippen molar-refractivity contribution in [3.63, 3.8) is 0 Å². The van der Waals surface area contributed by atoms with Gasteiger partial charge in [0.1, 0.15) is 0 Å². The summed E-state index contributed by atoms with van der Waals surface area (Å²) in [6.07, 6.45) is 5.22. The van der Waals surface area contributed by atoms with Gasteiger partial charge < -0.3 is 9.64 Å². The average Bonchev–Trinajstić information content (AvgIpc) is 3.15. The van der Waals surface area contributed by atoms with Crippen molar-refractivity contribution in [3.05, 3.63) is 41.1 Å². The predicted molar refractivity (Wildman–Crippen MR) is 108 cm³/mol. The number of aromatic nitrogens is 2. The molecule has 2 aromatic rings. The zero-order valence-corrected chi connectivity index (χ0v) is 17.5. The van der Waals surface area contributed by atoms with Crippen LogP contribution in [0.15, 0.2) is 46.3 Å². The number of esters is 1. The number of likely N-dealkylation sites (tertiary alicyclic amines) is 1. The van der Waals surface area contributed by atoms with Crippen LogP contribution in [-0.2, 0) is 14.3 Å².